The Morgan fingerprint density at radius 1 is 1.18 bits per heavy atom. The molecular formula is C8H18NO7P. The molecule has 0 spiro atoms. The van der Waals surface area contributed by atoms with E-state index in [1.165, 1.54) is 5.56 Å². The van der Waals surface area contributed by atoms with Crippen molar-refractivity contribution >= 4 is 7.82 Å². The van der Waals surface area contributed by atoms with Gasteiger partial charge in [-0.2, -0.15) is 0 Å². The molecule has 0 aliphatic heterocycles. The summed E-state index contributed by atoms with van der Waals surface area (Å²) in [5.74, 6) is 0.327. The maximum atomic E-state index is 8.91. The van der Waals surface area contributed by atoms with Crippen LogP contribution in [0.15, 0.2) is 24.3 Å². The van der Waals surface area contributed by atoms with Crippen LogP contribution < -0.4 is 10.6 Å². The molecule has 0 unspecified atom stereocenters. The van der Waals surface area contributed by atoms with Crippen molar-refractivity contribution in [3.05, 3.63) is 29.8 Å². The van der Waals surface area contributed by atoms with E-state index >= 15 is 0 Å². The van der Waals surface area contributed by atoms with Crippen LogP contribution in [0.2, 0.25) is 0 Å². The van der Waals surface area contributed by atoms with Gasteiger partial charge in [-0.25, -0.2) is 0 Å². The van der Waals surface area contributed by atoms with Gasteiger partial charge in [-0.3, -0.25) is 4.57 Å². The summed E-state index contributed by atoms with van der Waals surface area (Å²) in [5, 5.41) is 8.91. The summed E-state index contributed by atoms with van der Waals surface area (Å²) in [7, 11) is -4.89. The highest BCUT2D eigenvalue weighted by atomic mass is 31.2. The van der Waals surface area contributed by atoms with Crippen LogP contribution in [0.25, 0.3) is 0 Å². The molecule has 9 heteroatoms. The van der Waals surface area contributed by atoms with E-state index in [-0.39, 0.29) is 11.0 Å². The lowest BCUT2D eigenvalue weighted by Crippen LogP contribution is -2.51. The summed E-state index contributed by atoms with van der Waals surface area (Å²) < 4.78 is 8.77. The molecule has 0 saturated heterocycles. The normalized spacial score (nSPS) is 9.18. The number of phenolic OH excluding ortho intramolecular Hbond substituents is 1. The molecule has 102 valence electrons. The van der Waals surface area contributed by atoms with Crippen LogP contribution in [-0.2, 0) is 11.0 Å². The number of benzene rings is 1. The lowest BCUT2D eigenvalue weighted by atomic mass is 10.1. The third-order valence-electron chi connectivity index (χ3n) is 1.40. The van der Waals surface area contributed by atoms with E-state index < -0.39 is 7.82 Å². The zero-order chi connectivity index (χ0) is 11.9. The third-order valence-corrected chi connectivity index (χ3v) is 1.40. The van der Waals surface area contributed by atoms with Crippen LogP contribution in [0.3, 0.4) is 0 Å². The molecule has 8 nitrogen and oxygen atoms in total. The van der Waals surface area contributed by atoms with Gasteiger partial charge < -0.3 is 36.5 Å². The van der Waals surface area contributed by atoms with Crippen molar-refractivity contribution in [2.24, 2.45) is 0 Å². The molecule has 1 rings (SSSR count). The van der Waals surface area contributed by atoms with Crippen molar-refractivity contribution in [3.63, 3.8) is 0 Å². The summed E-state index contributed by atoms with van der Waals surface area (Å²) >= 11 is 0. The fourth-order valence-electron chi connectivity index (χ4n) is 0.867. The highest BCUT2D eigenvalue weighted by Gasteiger charge is 1.90. The van der Waals surface area contributed by atoms with Gasteiger partial charge in [-0.15, -0.1) is 0 Å². The zero-order valence-electron chi connectivity index (χ0n) is 9.04. The Kier molecular flexibility index (Phi) is 12.8. The molecule has 1 aromatic rings. The van der Waals surface area contributed by atoms with Gasteiger partial charge in [0.2, 0.25) is 0 Å². The molecule has 0 amide bonds. The number of phenols is 1. The average Bonchev–Trinajstić information content (AvgIpc) is 2.06. The molecule has 17 heavy (non-hydrogen) atoms. The quantitative estimate of drug-likeness (QED) is 0.415. The van der Waals surface area contributed by atoms with Crippen LogP contribution in [0.4, 0.5) is 0 Å². The predicted molar refractivity (Wildman–Crippen MR) is 58.8 cm³/mol. The number of rotatable bonds is 2. The molecule has 0 atom stereocenters. The number of hydrogen-bond acceptors (Lipinski definition) is 3. The summed E-state index contributed by atoms with van der Waals surface area (Å²) in [5.41, 5.74) is 4.97. The molecular weight excluding hydrogens is 253 g/mol. The minimum Gasteiger partial charge on any atom is -0.756 e. The van der Waals surface area contributed by atoms with Crippen molar-refractivity contribution in [1.82, 2.24) is 0 Å². The molecule has 0 aliphatic rings. The lowest BCUT2D eigenvalue weighted by Gasteiger charge is -2.01. The van der Waals surface area contributed by atoms with Crippen molar-refractivity contribution in [2.45, 2.75) is 6.42 Å². The Labute approximate surface area is 98.2 Å². The van der Waals surface area contributed by atoms with E-state index in [4.69, 9.17) is 24.4 Å². The topological polar surface area (TPSA) is 191 Å². The fraction of sp³-hybridized carbons (Fsp3) is 0.250. The second-order valence-corrected chi connectivity index (χ2v) is 3.74. The molecule has 10 N–H and O–H groups in total. The zero-order valence-corrected chi connectivity index (χ0v) is 9.93. The summed E-state index contributed by atoms with van der Waals surface area (Å²) in [6, 6.07) is 7.23. The standard InChI is InChI=1S/C8H11NO.H3O4P.2H2O/c9-6-5-7-1-3-8(10)4-2-7;1-5(2,3)4;;/h1-4,10H,5-6,9H2;(H3,1,2,3,4);2*1H2. The van der Waals surface area contributed by atoms with Crippen molar-refractivity contribution < 1.29 is 41.0 Å². The maximum absolute atomic E-state index is 8.91. The van der Waals surface area contributed by atoms with Crippen LogP contribution in [0, 0.1) is 0 Å². The largest absolute Gasteiger partial charge is 0.756 e. The Morgan fingerprint density at radius 2 is 1.53 bits per heavy atom. The molecule has 0 heterocycles. The highest BCUT2D eigenvalue weighted by Crippen LogP contribution is 2.18. The number of aromatic hydroxyl groups is 1. The van der Waals surface area contributed by atoms with Crippen molar-refractivity contribution in [1.29, 1.82) is 0 Å². The van der Waals surface area contributed by atoms with Gasteiger partial charge in [0.25, 0.3) is 7.82 Å². The molecule has 0 aromatic heterocycles. The van der Waals surface area contributed by atoms with Crippen LogP contribution >= 0.6 is 7.82 Å². The summed E-state index contributed by atoms with van der Waals surface area (Å²) in [4.78, 5) is 22.9. The second kappa shape index (κ2) is 10.2. The third kappa shape index (κ3) is 17.6. The minimum atomic E-state index is -4.89. The van der Waals surface area contributed by atoms with E-state index in [0.717, 1.165) is 13.0 Å². The predicted octanol–water partition coefficient (Wildman–Crippen LogP) is -3.03. The molecule has 0 fully saturated rings. The molecule has 0 bridgehead atoms. The van der Waals surface area contributed by atoms with Gasteiger partial charge in [-0.05, 0) is 17.7 Å². The van der Waals surface area contributed by atoms with E-state index in [9.17, 15) is 0 Å². The van der Waals surface area contributed by atoms with E-state index in [0.29, 0.717) is 5.75 Å². The Bertz CT molecular complexity index is 315. The maximum Gasteiger partial charge on any atom is 0.262 e. The van der Waals surface area contributed by atoms with Gasteiger partial charge in [0.1, 0.15) is 5.75 Å². The summed E-state index contributed by atoms with van der Waals surface area (Å²) in [6.07, 6.45) is 0.986. The van der Waals surface area contributed by atoms with Crippen LogP contribution in [-0.4, -0.2) is 32.4 Å². The van der Waals surface area contributed by atoms with Crippen LogP contribution in [0.1, 0.15) is 5.56 Å². The molecule has 0 radical (unpaired) electrons. The lowest BCUT2D eigenvalue weighted by molar-refractivity contribution is -0.366. The number of hydrogen-bond donors (Lipinski definition) is 4. The van der Waals surface area contributed by atoms with Gasteiger partial charge >= 0.3 is 0 Å². The van der Waals surface area contributed by atoms with Crippen LogP contribution in [0.5, 0.6) is 5.75 Å². The Balaban J connectivity index is -0.000000247. The number of quaternary nitrogens is 1. The van der Waals surface area contributed by atoms with Gasteiger partial charge in [0, 0.05) is 6.42 Å². The second-order valence-electron chi connectivity index (χ2n) is 2.76. The Hall–Kier alpha value is -0.990. The summed E-state index contributed by atoms with van der Waals surface area (Å²) in [6.45, 7) is 0.908. The smallest absolute Gasteiger partial charge is 0.262 e. The highest BCUT2D eigenvalue weighted by molar-refractivity contribution is 7.43. The molecule has 0 aliphatic carbocycles. The van der Waals surface area contributed by atoms with Gasteiger partial charge in [0.05, 0.1) is 6.54 Å². The first-order chi connectivity index (χ1) is 6.83. The fourth-order valence-corrected chi connectivity index (χ4v) is 0.867. The van der Waals surface area contributed by atoms with Gasteiger partial charge in [0.15, 0.2) is 0 Å². The van der Waals surface area contributed by atoms with E-state index in [1.807, 2.05) is 12.1 Å². The van der Waals surface area contributed by atoms with Gasteiger partial charge in [-0.1, -0.05) is 12.1 Å². The van der Waals surface area contributed by atoms with E-state index in [2.05, 4.69) is 5.73 Å². The van der Waals surface area contributed by atoms with Crippen molar-refractivity contribution in [2.75, 3.05) is 6.54 Å². The first-order valence-corrected chi connectivity index (χ1v) is 5.69. The first kappa shape index (κ1) is 21.3. The van der Waals surface area contributed by atoms with Crippen molar-refractivity contribution in [3.8, 4) is 5.75 Å². The monoisotopic (exact) mass is 271 g/mol. The SMILES string of the molecule is O.O.O=P([O-])(O)O.[NH3+]CCc1ccc(O)cc1. The first-order valence-electron chi connectivity index (χ1n) is 4.16. The average molecular weight is 271 g/mol. The number of phosphoric acid groups is 1. The Morgan fingerprint density at radius 3 is 1.82 bits per heavy atom. The minimum absolute atomic E-state index is 0. The molecule has 1 aromatic carbocycles. The molecule has 0 saturated carbocycles. The van der Waals surface area contributed by atoms with E-state index in [1.54, 1.807) is 12.1 Å².